The molecule has 0 aliphatic carbocycles. The summed E-state index contributed by atoms with van der Waals surface area (Å²) >= 11 is 5.78. The number of fused-ring (bicyclic) bond motifs is 1. The number of nitrogens with zero attached hydrogens (tertiary/aromatic N) is 3. The lowest BCUT2D eigenvalue weighted by Crippen LogP contribution is -2.55. The number of aromatic nitrogens is 3. The Morgan fingerprint density at radius 2 is 2.04 bits per heavy atom. The fourth-order valence-electron chi connectivity index (χ4n) is 2.21. The second kappa shape index (κ2) is 6.84. The van der Waals surface area contributed by atoms with Crippen LogP contribution < -0.4 is 5.32 Å². The minimum Gasteiger partial charge on any atom is -0.394 e. The Labute approximate surface area is 135 Å². The van der Waals surface area contributed by atoms with Gasteiger partial charge in [-0.05, 0) is 30.2 Å². The predicted molar refractivity (Wildman–Crippen MR) is 81.4 cm³/mol. The van der Waals surface area contributed by atoms with E-state index in [2.05, 4.69) is 20.3 Å². The molecule has 0 fully saturated rings. The van der Waals surface area contributed by atoms with Crippen molar-refractivity contribution in [2.45, 2.75) is 37.9 Å². The van der Waals surface area contributed by atoms with Gasteiger partial charge in [-0.25, -0.2) is 4.98 Å². The van der Waals surface area contributed by atoms with E-state index in [0.717, 1.165) is 0 Å². The third-order valence-electron chi connectivity index (χ3n) is 3.55. The highest BCUT2D eigenvalue weighted by molar-refractivity contribution is 6.28. The van der Waals surface area contributed by atoms with Crippen LogP contribution in [-0.2, 0) is 0 Å². The average molecular weight is 349 g/mol. The molecule has 0 bridgehead atoms. The minimum atomic E-state index is -4.67. The number of hydrogen-bond donors (Lipinski definition) is 2. The maximum absolute atomic E-state index is 13.6. The van der Waals surface area contributed by atoms with Crippen molar-refractivity contribution >= 4 is 28.5 Å². The lowest BCUT2D eigenvalue weighted by molar-refractivity contribution is -0.190. The van der Waals surface area contributed by atoms with E-state index < -0.39 is 18.3 Å². The number of aliphatic hydroxyl groups is 1. The molecule has 9 heteroatoms. The van der Waals surface area contributed by atoms with E-state index in [9.17, 15) is 18.3 Å². The number of aliphatic hydroxyl groups excluding tert-OH is 1. The van der Waals surface area contributed by atoms with Crippen molar-refractivity contribution in [3.8, 4) is 0 Å². The predicted octanol–water partition coefficient (Wildman–Crippen LogP) is 3.57. The van der Waals surface area contributed by atoms with Crippen LogP contribution in [0.15, 0.2) is 18.3 Å². The molecule has 1 atom stereocenters. The lowest BCUT2D eigenvalue weighted by Gasteiger charge is -2.35. The normalized spacial score (nSPS) is 14.7. The summed E-state index contributed by atoms with van der Waals surface area (Å²) in [5.41, 5.74) is -2.03. The molecule has 2 heterocycles. The smallest absolute Gasteiger partial charge is 0.394 e. The molecule has 0 aromatic carbocycles. The van der Waals surface area contributed by atoms with Gasteiger partial charge in [0.2, 0.25) is 5.28 Å². The van der Waals surface area contributed by atoms with Crippen LogP contribution in [0.2, 0.25) is 5.28 Å². The van der Waals surface area contributed by atoms with Crippen LogP contribution >= 0.6 is 11.6 Å². The maximum atomic E-state index is 13.6. The first-order valence-electron chi connectivity index (χ1n) is 7.07. The zero-order valence-electron chi connectivity index (χ0n) is 12.4. The number of alkyl halides is 3. The molecule has 23 heavy (non-hydrogen) atoms. The number of rotatable bonds is 6. The summed E-state index contributed by atoms with van der Waals surface area (Å²) in [7, 11) is 0. The number of pyridine rings is 1. The van der Waals surface area contributed by atoms with Crippen molar-refractivity contribution in [2.75, 3.05) is 11.9 Å². The highest BCUT2D eigenvalue weighted by Crippen LogP contribution is 2.38. The Hall–Kier alpha value is -1.67. The van der Waals surface area contributed by atoms with Crippen molar-refractivity contribution in [3.63, 3.8) is 0 Å². The first kappa shape index (κ1) is 17.7. The molecule has 126 valence electrons. The topological polar surface area (TPSA) is 70.9 Å². The molecule has 2 N–H and O–H groups in total. The van der Waals surface area contributed by atoms with Gasteiger partial charge in [-0.1, -0.05) is 19.8 Å². The van der Waals surface area contributed by atoms with Crippen LogP contribution in [0.4, 0.5) is 19.0 Å². The highest BCUT2D eigenvalue weighted by atomic mass is 35.5. The van der Waals surface area contributed by atoms with Gasteiger partial charge in [0.25, 0.3) is 0 Å². The van der Waals surface area contributed by atoms with Crippen LogP contribution in [0.1, 0.15) is 26.2 Å². The molecule has 0 saturated carbocycles. The van der Waals surface area contributed by atoms with Crippen molar-refractivity contribution in [2.24, 2.45) is 0 Å². The maximum Gasteiger partial charge on any atom is 0.413 e. The van der Waals surface area contributed by atoms with Gasteiger partial charge in [0.1, 0.15) is 5.52 Å². The summed E-state index contributed by atoms with van der Waals surface area (Å²) in [5, 5.41) is 11.6. The molecule has 5 nitrogen and oxygen atoms in total. The first-order valence-corrected chi connectivity index (χ1v) is 7.45. The van der Waals surface area contributed by atoms with E-state index in [-0.39, 0.29) is 29.5 Å². The number of hydrogen-bond acceptors (Lipinski definition) is 5. The average Bonchev–Trinajstić information content (AvgIpc) is 2.50. The quantitative estimate of drug-likeness (QED) is 0.781. The molecule has 0 amide bonds. The van der Waals surface area contributed by atoms with Gasteiger partial charge in [0, 0.05) is 6.20 Å². The standard InChI is InChI=1S/C14H16ClF3N4O/c1-2-3-6-13(8-23,14(16,17)18)22-11-10-9(5-4-7-19-10)20-12(15)21-11/h4-5,7,23H,2-3,6,8H2,1H3,(H,20,21,22)/t13-/m1/s1. The van der Waals surface area contributed by atoms with Gasteiger partial charge in [0.15, 0.2) is 11.4 Å². The third kappa shape index (κ3) is 3.64. The fourth-order valence-corrected chi connectivity index (χ4v) is 2.39. The summed E-state index contributed by atoms with van der Waals surface area (Å²) in [4.78, 5) is 11.8. The Morgan fingerprint density at radius 3 is 2.65 bits per heavy atom. The lowest BCUT2D eigenvalue weighted by atomic mass is 9.92. The van der Waals surface area contributed by atoms with E-state index in [1.54, 1.807) is 19.1 Å². The zero-order valence-corrected chi connectivity index (χ0v) is 13.1. The summed E-state index contributed by atoms with van der Waals surface area (Å²) in [5.74, 6) is -0.150. The van der Waals surface area contributed by atoms with E-state index in [1.165, 1.54) is 6.20 Å². The van der Waals surface area contributed by atoms with Gasteiger partial charge >= 0.3 is 6.18 Å². The summed E-state index contributed by atoms with van der Waals surface area (Å²) in [6, 6.07) is 3.16. The molecule has 2 aromatic rings. The van der Waals surface area contributed by atoms with Crippen LogP contribution in [0, 0.1) is 0 Å². The molecule has 0 aliphatic heterocycles. The van der Waals surface area contributed by atoms with Crippen LogP contribution in [0.25, 0.3) is 11.0 Å². The number of anilines is 1. The highest BCUT2D eigenvalue weighted by Gasteiger charge is 2.54. The van der Waals surface area contributed by atoms with Gasteiger partial charge < -0.3 is 10.4 Å². The number of unbranched alkanes of at least 4 members (excludes halogenated alkanes) is 1. The van der Waals surface area contributed by atoms with E-state index >= 15 is 0 Å². The fraction of sp³-hybridized carbons (Fsp3) is 0.500. The van der Waals surface area contributed by atoms with Gasteiger partial charge in [-0.15, -0.1) is 0 Å². The molecule has 2 aromatic heterocycles. The number of halogens is 4. The monoisotopic (exact) mass is 348 g/mol. The van der Waals surface area contributed by atoms with Gasteiger partial charge in [-0.3, -0.25) is 4.98 Å². The number of nitrogens with one attached hydrogen (secondary N) is 1. The molecule has 0 saturated heterocycles. The second-order valence-electron chi connectivity index (χ2n) is 5.18. The Morgan fingerprint density at radius 1 is 1.30 bits per heavy atom. The molecule has 2 rings (SSSR count). The molecular weight excluding hydrogens is 333 g/mol. The van der Waals surface area contributed by atoms with Gasteiger partial charge in [-0.2, -0.15) is 18.2 Å². The Bertz CT molecular complexity index is 683. The Balaban J connectivity index is 2.51. The van der Waals surface area contributed by atoms with Crippen molar-refractivity contribution in [1.82, 2.24) is 15.0 Å². The second-order valence-corrected chi connectivity index (χ2v) is 5.52. The van der Waals surface area contributed by atoms with Crippen molar-refractivity contribution < 1.29 is 18.3 Å². The first-order chi connectivity index (χ1) is 10.8. The summed E-state index contributed by atoms with van der Waals surface area (Å²) in [6.45, 7) is 0.656. The largest absolute Gasteiger partial charge is 0.413 e. The Kier molecular flexibility index (Phi) is 5.26. The van der Waals surface area contributed by atoms with Gasteiger partial charge in [0.05, 0.1) is 12.1 Å². The molecule has 0 radical (unpaired) electrons. The molecule has 0 spiro atoms. The van der Waals surface area contributed by atoms with Crippen LogP contribution in [-0.4, -0.2) is 38.4 Å². The van der Waals surface area contributed by atoms with Crippen molar-refractivity contribution in [3.05, 3.63) is 23.6 Å². The van der Waals surface area contributed by atoms with E-state index in [4.69, 9.17) is 11.6 Å². The molecular formula is C14H16ClF3N4O. The molecule has 0 aliphatic rings. The van der Waals surface area contributed by atoms with E-state index in [1.807, 2.05) is 0 Å². The SMILES string of the molecule is CCCC[C@](CO)(Nc1nc(Cl)nc2cccnc12)C(F)(F)F. The zero-order chi connectivity index (χ0) is 17.1. The minimum absolute atomic E-state index is 0.150. The van der Waals surface area contributed by atoms with Crippen molar-refractivity contribution in [1.29, 1.82) is 0 Å². The molecule has 0 unspecified atom stereocenters. The van der Waals surface area contributed by atoms with E-state index in [0.29, 0.717) is 11.9 Å². The third-order valence-corrected chi connectivity index (χ3v) is 3.72. The summed E-state index contributed by atoms with van der Waals surface area (Å²) in [6.07, 6.45) is -2.69. The summed E-state index contributed by atoms with van der Waals surface area (Å²) < 4.78 is 40.7. The van der Waals surface area contributed by atoms with Crippen LogP contribution in [0.5, 0.6) is 0 Å². The van der Waals surface area contributed by atoms with Crippen LogP contribution in [0.3, 0.4) is 0 Å².